The van der Waals surface area contributed by atoms with Crippen LogP contribution in [0, 0.1) is 0 Å². The van der Waals surface area contributed by atoms with Gasteiger partial charge in [-0.25, -0.2) is 0 Å². The van der Waals surface area contributed by atoms with Gasteiger partial charge in [0.25, 0.3) is 5.91 Å². The largest absolute Gasteiger partial charge is 0.398 e. The van der Waals surface area contributed by atoms with Gasteiger partial charge >= 0.3 is 0 Å². The van der Waals surface area contributed by atoms with Gasteiger partial charge < -0.3 is 11.1 Å². The van der Waals surface area contributed by atoms with Gasteiger partial charge in [0.2, 0.25) is 0 Å². The topological polar surface area (TPSA) is 55.1 Å². The monoisotopic (exact) mass is 300 g/mol. The lowest BCUT2D eigenvalue weighted by molar-refractivity contribution is 0.0939. The Bertz CT molecular complexity index is 671. The molecule has 2 aromatic carbocycles. The lowest BCUT2D eigenvalue weighted by Crippen LogP contribution is -2.33. The van der Waals surface area contributed by atoms with E-state index in [9.17, 15) is 4.79 Å². The van der Waals surface area contributed by atoms with Crippen LogP contribution in [-0.2, 0) is 0 Å². The fourth-order valence-electron chi connectivity index (χ4n) is 3.00. The number of nitrogen functional groups attached to an aromatic ring is 1. The summed E-state index contributed by atoms with van der Waals surface area (Å²) in [6.45, 7) is 0. The van der Waals surface area contributed by atoms with Crippen LogP contribution in [0.2, 0.25) is 0 Å². The summed E-state index contributed by atoms with van der Waals surface area (Å²) in [6, 6.07) is 12.0. The van der Waals surface area contributed by atoms with Crippen molar-refractivity contribution in [3.8, 4) is 0 Å². The molecule has 0 spiro atoms. The number of carbonyl (C=O) groups excluding carboxylic acids is 1. The highest BCUT2D eigenvalue weighted by molar-refractivity contribution is 7.99. The summed E-state index contributed by atoms with van der Waals surface area (Å²) in [7, 11) is 0. The van der Waals surface area contributed by atoms with Crippen LogP contribution in [-0.4, -0.2) is 23.5 Å². The number of hydrogen-bond donors (Lipinski definition) is 2. The molecule has 1 amide bonds. The SMILES string of the molecule is CSC1CCC(NC(=O)c2cc3ccccc3cc2N)C1. The Hall–Kier alpha value is -1.68. The maximum absolute atomic E-state index is 12.5. The van der Waals surface area contributed by atoms with E-state index in [0.29, 0.717) is 16.5 Å². The number of amides is 1. The Morgan fingerprint density at radius 3 is 2.62 bits per heavy atom. The molecule has 0 heterocycles. The molecule has 3 rings (SSSR count). The summed E-state index contributed by atoms with van der Waals surface area (Å²) in [6.07, 6.45) is 5.43. The van der Waals surface area contributed by atoms with E-state index in [0.717, 1.165) is 23.6 Å². The summed E-state index contributed by atoms with van der Waals surface area (Å²) >= 11 is 1.89. The average Bonchev–Trinajstić information content (AvgIpc) is 2.94. The molecule has 1 saturated carbocycles. The number of benzene rings is 2. The Morgan fingerprint density at radius 2 is 1.95 bits per heavy atom. The Labute approximate surface area is 129 Å². The van der Waals surface area contributed by atoms with Crippen molar-refractivity contribution in [1.29, 1.82) is 0 Å². The minimum atomic E-state index is -0.0509. The van der Waals surface area contributed by atoms with Gasteiger partial charge in [-0.3, -0.25) is 4.79 Å². The summed E-state index contributed by atoms with van der Waals surface area (Å²) in [5.74, 6) is -0.0509. The highest BCUT2D eigenvalue weighted by Gasteiger charge is 2.25. The lowest BCUT2D eigenvalue weighted by atomic mass is 10.0. The molecule has 4 heteroatoms. The van der Waals surface area contributed by atoms with E-state index >= 15 is 0 Å². The van der Waals surface area contributed by atoms with Crippen LogP contribution in [0.4, 0.5) is 5.69 Å². The molecular formula is C17H20N2OS. The molecule has 110 valence electrons. The lowest BCUT2D eigenvalue weighted by Gasteiger charge is -2.14. The molecular weight excluding hydrogens is 280 g/mol. The molecule has 0 aromatic heterocycles. The van der Waals surface area contributed by atoms with Gasteiger partial charge in [-0.1, -0.05) is 24.3 Å². The van der Waals surface area contributed by atoms with Crippen LogP contribution < -0.4 is 11.1 Å². The fourth-order valence-corrected chi connectivity index (χ4v) is 3.80. The molecule has 0 radical (unpaired) electrons. The first-order valence-electron chi connectivity index (χ1n) is 7.29. The minimum Gasteiger partial charge on any atom is -0.398 e. The number of anilines is 1. The normalized spacial score (nSPS) is 21.6. The number of nitrogens with two attached hydrogens (primary N) is 1. The fraction of sp³-hybridized carbons (Fsp3) is 0.353. The minimum absolute atomic E-state index is 0.0509. The molecule has 0 saturated heterocycles. The van der Waals surface area contributed by atoms with Crippen molar-refractivity contribution in [2.45, 2.75) is 30.6 Å². The molecule has 3 N–H and O–H groups in total. The van der Waals surface area contributed by atoms with Gasteiger partial charge in [0.05, 0.1) is 5.56 Å². The van der Waals surface area contributed by atoms with E-state index in [1.54, 1.807) is 0 Å². The van der Waals surface area contributed by atoms with Crippen molar-refractivity contribution >= 4 is 34.1 Å². The second-order valence-corrected chi connectivity index (χ2v) is 6.77. The number of rotatable bonds is 3. The number of nitrogens with one attached hydrogen (secondary N) is 1. The van der Waals surface area contributed by atoms with Gasteiger partial charge in [0.15, 0.2) is 0 Å². The summed E-state index contributed by atoms with van der Waals surface area (Å²) in [5.41, 5.74) is 7.18. The quantitative estimate of drug-likeness (QED) is 0.854. The highest BCUT2D eigenvalue weighted by Crippen LogP contribution is 2.29. The van der Waals surface area contributed by atoms with E-state index in [1.165, 1.54) is 6.42 Å². The van der Waals surface area contributed by atoms with Crippen molar-refractivity contribution < 1.29 is 4.79 Å². The Kier molecular flexibility index (Phi) is 4.06. The Morgan fingerprint density at radius 1 is 1.24 bits per heavy atom. The predicted molar refractivity (Wildman–Crippen MR) is 90.8 cm³/mol. The predicted octanol–water partition coefficient (Wildman–Crippen LogP) is 3.44. The van der Waals surface area contributed by atoms with Crippen molar-refractivity contribution in [3.05, 3.63) is 42.0 Å². The maximum Gasteiger partial charge on any atom is 0.253 e. The number of thioether (sulfide) groups is 1. The van der Waals surface area contributed by atoms with Crippen molar-refractivity contribution in [2.24, 2.45) is 0 Å². The van der Waals surface area contributed by atoms with E-state index in [-0.39, 0.29) is 11.9 Å². The van der Waals surface area contributed by atoms with Crippen molar-refractivity contribution in [3.63, 3.8) is 0 Å². The third-order valence-electron chi connectivity index (χ3n) is 4.22. The van der Waals surface area contributed by atoms with E-state index in [4.69, 9.17) is 5.73 Å². The molecule has 21 heavy (non-hydrogen) atoms. The molecule has 2 unspecified atom stereocenters. The Balaban J connectivity index is 1.80. The molecule has 2 atom stereocenters. The highest BCUT2D eigenvalue weighted by atomic mass is 32.2. The van der Waals surface area contributed by atoms with Crippen molar-refractivity contribution in [1.82, 2.24) is 5.32 Å². The molecule has 0 bridgehead atoms. The first kappa shape index (κ1) is 14.3. The number of carbonyl (C=O) groups is 1. The van der Waals surface area contributed by atoms with Crippen LogP contribution in [0.15, 0.2) is 36.4 Å². The van der Waals surface area contributed by atoms with Crippen molar-refractivity contribution in [2.75, 3.05) is 12.0 Å². The van der Waals surface area contributed by atoms with Crippen LogP contribution >= 0.6 is 11.8 Å². The molecule has 1 fully saturated rings. The van der Waals surface area contributed by atoms with Crippen LogP contribution in [0.5, 0.6) is 0 Å². The first-order chi connectivity index (χ1) is 10.2. The van der Waals surface area contributed by atoms with Gasteiger partial charge in [-0.05, 0) is 48.4 Å². The number of hydrogen-bond acceptors (Lipinski definition) is 3. The molecule has 2 aromatic rings. The van der Waals surface area contributed by atoms with E-state index in [2.05, 4.69) is 11.6 Å². The molecule has 1 aliphatic rings. The van der Waals surface area contributed by atoms with Gasteiger partial charge in [0.1, 0.15) is 0 Å². The van der Waals surface area contributed by atoms with Crippen LogP contribution in [0.3, 0.4) is 0 Å². The van der Waals surface area contributed by atoms with Crippen LogP contribution in [0.25, 0.3) is 10.8 Å². The van der Waals surface area contributed by atoms with Gasteiger partial charge in [-0.15, -0.1) is 0 Å². The van der Waals surface area contributed by atoms with Gasteiger partial charge in [-0.2, -0.15) is 11.8 Å². The molecule has 0 aliphatic heterocycles. The van der Waals surface area contributed by atoms with Crippen LogP contribution in [0.1, 0.15) is 29.6 Å². The standard InChI is InChI=1S/C17H20N2OS/c1-21-14-7-6-13(10-14)19-17(20)15-8-11-4-2-3-5-12(11)9-16(15)18/h2-5,8-9,13-14H,6-7,10,18H2,1H3,(H,19,20). The zero-order chi connectivity index (χ0) is 14.8. The molecule has 3 nitrogen and oxygen atoms in total. The summed E-state index contributed by atoms with van der Waals surface area (Å²) < 4.78 is 0. The zero-order valence-electron chi connectivity index (χ0n) is 12.1. The maximum atomic E-state index is 12.5. The third kappa shape index (κ3) is 3.00. The second-order valence-electron chi connectivity index (χ2n) is 5.63. The van der Waals surface area contributed by atoms with E-state index in [1.807, 2.05) is 48.2 Å². The first-order valence-corrected chi connectivity index (χ1v) is 8.58. The van der Waals surface area contributed by atoms with E-state index < -0.39 is 0 Å². The average molecular weight is 300 g/mol. The summed E-state index contributed by atoms with van der Waals surface area (Å²) in [4.78, 5) is 12.5. The third-order valence-corrected chi connectivity index (χ3v) is 5.31. The summed E-state index contributed by atoms with van der Waals surface area (Å²) in [5, 5.41) is 5.91. The zero-order valence-corrected chi connectivity index (χ0v) is 13.0. The smallest absolute Gasteiger partial charge is 0.253 e. The molecule has 1 aliphatic carbocycles. The number of fused-ring (bicyclic) bond motifs is 1. The second kappa shape index (κ2) is 5.98. The van der Waals surface area contributed by atoms with Gasteiger partial charge in [0, 0.05) is 17.0 Å².